The number of thiazole rings is 1. The third-order valence-electron chi connectivity index (χ3n) is 8.15. The van der Waals surface area contributed by atoms with Crippen molar-refractivity contribution < 1.29 is 55.7 Å². The third kappa shape index (κ3) is 11.4. The molecular formula is C32H35F6N5O6S2. The Balaban J connectivity index is 0.000000353. The van der Waals surface area contributed by atoms with E-state index in [1.807, 2.05) is 54.9 Å². The monoisotopic (exact) mass is 763 g/mol. The first kappa shape index (κ1) is 39.7. The lowest BCUT2D eigenvalue weighted by molar-refractivity contribution is -0.193. The normalized spacial score (nSPS) is 19.2. The van der Waals surface area contributed by atoms with Crippen LogP contribution in [0.5, 0.6) is 11.5 Å². The molecule has 3 fully saturated rings. The zero-order valence-electron chi connectivity index (χ0n) is 27.0. The van der Waals surface area contributed by atoms with Crippen molar-refractivity contribution in [2.75, 3.05) is 18.4 Å². The minimum Gasteiger partial charge on any atom is -0.475 e. The molecule has 11 nitrogen and oxygen atoms in total. The van der Waals surface area contributed by atoms with Crippen molar-refractivity contribution in [2.45, 2.75) is 80.0 Å². The van der Waals surface area contributed by atoms with Gasteiger partial charge >= 0.3 is 24.3 Å². The van der Waals surface area contributed by atoms with Gasteiger partial charge in [-0.15, -0.1) is 23.1 Å². The number of alkyl halides is 6. The number of piperidine rings is 1. The number of thioether (sulfide) groups is 1. The van der Waals surface area contributed by atoms with E-state index in [-0.39, 0.29) is 5.25 Å². The van der Waals surface area contributed by atoms with Gasteiger partial charge in [-0.2, -0.15) is 26.3 Å². The SMILES string of the molecule is Cc1csc(Nc2ncc(SC(C(=O)N3C4CCC3CC4)C3CCNCC3)cc2Oc2ccccc2)n1.O=C(O)C(F)(F)F.O=C(O)C(F)(F)F. The molecule has 2 bridgehead atoms. The van der Waals surface area contributed by atoms with Crippen molar-refractivity contribution in [2.24, 2.45) is 5.92 Å². The third-order valence-corrected chi connectivity index (χ3v) is 10.4. The molecule has 6 rings (SSSR count). The first-order valence-electron chi connectivity index (χ1n) is 15.7. The van der Waals surface area contributed by atoms with Gasteiger partial charge in [0.15, 0.2) is 16.7 Å². The van der Waals surface area contributed by atoms with E-state index in [2.05, 4.69) is 20.5 Å². The van der Waals surface area contributed by atoms with Gasteiger partial charge in [-0.1, -0.05) is 18.2 Å². The summed E-state index contributed by atoms with van der Waals surface area (Å²) >= 11 is 3.20. The Morgan fingerprint density at radius 1 is 0.961 bits per heavy atom. The molecule has 3 aromatic rings. The summed E-state index contributed by atoms with van der Waals surface area (Å²) in [6.07, 6.45) is -1.61. The Hall–Kier alpha value is -4.10. The van der Waals surface area contributed by atoms with E-state index in [0.717, 1.165) is 73.1 Å². The number of rotatable bonds is 8. The number of nitrogens with one attached hydrogen (secondary N) is 2. The van der Waals surface area contributed by atoms with Gasteiger partial charge in [-0.25, -0.2) is 19.6 Å². The summed E-state index contributed by atoms with van der Waals surface area (Å²) in [7, 11) is 0. The number of hydrogen-bond acceptors (Lipinski definition) is 10. The molecule has 0 radical (unpaired) electrons. The van der Waals surface area contributed by atoms with E-state index < -0.39 is 24.3 Å². The number of fused-ring (bicyclic) bond motifs is 2. The fraction of sp³-hybridized carbons (Fsp3) is 0.469. The zero-order valence-corrected chi connectivity index (χ0v) is 28.7. The zero-order chi connectivity index (χ0) is 37.3. The molecule has 1 aromatic carbocycles. The van der Waals surface area contributed by atoms with Crippen LogP contribution in [0, 0.1) is 12.8 Å². The second-order valence-corrected chi connectivity index (χ2v) is 13.9. The van der Waals surface area contributed by atoms with Crippen LogP contribution in [0.15, 0.2) is 52.9 Å². The highest BCUT2D eigenvalue weighted by molar-refractivity contribution is 8.00. The largest absolute Gasteiger partial charge is 0.490 e. The van der Waals surface area contributed by atoms with Crippen LogP contribution in [0.25, 0.3) is 0 Å². The molecule has 3 saturated heterocycles. The van der Waals surface area contributed by atoms with Gasteiger partial charge in [-0.05, 0) is 82.7 Å². The van der Waals surface area contributed by atoms with Crippen LogP contribution in [0.1, 0.15) is 44.2 Å². The number of benzene rings is 1. The van der Waals surface area contributed by atoms with Crippen molar-refractivity contribution in [3.8, 4) is 11.5 Å². The molecule has 1 amide bonds. The maximum atomic E-state index is 14.0. The summed E-state index contributed by atoms with van der Waals surface area (Å²) in [4.78, 5) is 44.3. The van der Waals surface area contributed by atoms with Crippen molar-refractivity contribution in [1.82, 2.24) is 20.2 Å². The molecule has 0 aliphatic carbocycles. The van der Waals surface area contributed by atoms with Crippen molar-refractivity contribution >= 4 is 51.9 Å². The number of aryl methyl sites for hydroxylation is 1. The number of carboxylic acids is 2. The highest BCUT2D eigenvalue weighted by atomic mass is 32.2. The number of pyridine rings is 1. The number of ether oxygens (including phenoxy) is 1. The molecular weight excluding hydrogens is 729 g/mol. The Bertz CT molecular complexity index is 1590. The minimum absolute atomic E-state index is 0.102. The number of nitrogens with zero attached hydrogens (tertiary/aromatic N) is 3. The van der Waals surface area contributed by atoms with E-state index >= 15 is 0 Å². The molecule has 51 heavy (non-hydrogen) atoms. The quantitative estimate of drug-likeness (QED) is 0.135. The Morgan fingerprint density at radius 2 is 1.51 bits per heavy atom. The maximum Gasteiger partial charge on any atom is 0.490 e. The van der Waals surface area contributed by atoms with Crippen molar-refractivity contribution in [1.29, 1.82) is 0 Å². The standard InChI is InChI=1S/C28H33N5O2S2.2C2HF3O2/c1-18-17-36-28(31-18)32-26-24(35-22-5-3-2-4-6-22)15-23(16-30-26)37-25(19-11-13-29-14-12-19)27(34)33-20-7-8-21(33)10-9-20;2*3-2(4,5)1(6)7/h2-6,15-17,19-21,25,29H,7-14H2,1H3,(H,30,31,32);2*(H,6,7). The Labute approximate surface area is 296 Å². The van der Waals surface area contributed by atoms with Crippen LogP contribution in [-0.4, -0.2) is 85.7 Å². The van der Waals surface area contributed by atoms with E-state index in [1.165, 1.54) is 11.3 Å². The Kier molecular flexibility index (Phi) is 13.5. The van der Waals surface area contributed by atoms with Gasteiger partial charge in [0.1, 0.15) is 5.75 Å². The summed E-state index contributed by atoms with van der Waals surface area (Å²) in [6, 6.07) is 12.6. The lowest BCUT2D eigenvalue weighted by Crippen LogP contribution is -2.46. The minimum atomic E-state index is -5.08. The number of aromatic nitrogens is 2. The lowest BCUT2D eigenvalue weighted by Gasteiger charge is -2.34. The predicted octanol–water partition coefficient (Wildman–Crippen LogP) is 7.26. The predicted molar refractivity (Wildman–Crippen MR) is 176 cm³/mol. The van der Waals surface area contributed by atoms with E-state index in [1.54, 1.807) is 11.8 Å². The number of para-hydroxylation sites is 1. The average molecular weight is 764 g/mol. The smallest absolute Gasteiger partial charge is 0.475 e. The van der Waals surface area contributed by atoms with Crippen LogP contribution in [0.4, 0.5) is 37.3 Å². The molecule has 278 valence electrons. The molecule has 19 heteroatoms. The molecule has 3 aliphatic heterocycles. The van der Waals surface area contributed by atoms with Crippen LogP contribution < -0.4 is 15.4 Å². The van der Waals surface area contributed by atoms with Crippen molar-refractivity contribution in [3.63, 3.8) is 0 Å². The Morgan fingerprint density at radius 3 is 2.00 bits per heavy atom. The molecule has 3 aliphatic rings. The number of amides is 1. The first-order chi connectivity index (χ1) is 24.0. The average Bonchev–Trinajstić information content (AvgIpc) is 3.81. The van der Waals surface area contributed by atoms with Gasteiger partial charge in [0.2, 0.25) is 5.91 Å². The van der Waals surface area contributed by atoms with Crippen molar-refractivity contribution in [3.05, 3.63) is 53.7 Å². The summed E-state index contributed by atoms with van der Waals surface area (Å²) in [5, 5.41) is 23.7. The maximum absolute atomic E-state index is 14.0. The summed E-state index contributed by atoms with van der Waals surface area (Å²) in [5.74, 6) is -2.85. The molecule has 5 heterocycles. The highest BCUT2D eigenvalue weighted by Gasteiger charge is 2.46. The van der Waals surface area contributed by atoms with Crippen LogP contribution in [-0.2, 0) is 14.4 Å². The molecule has 0 saturated carbocycles. The van der Waals surface area contributed by atoms with E-state index in [4.69, 9.17) is 29.5 Å². The van der Waals surface area contributed by atoms with Gasteiger partial charge in [0, 0.05) is 28.6 Å². The summed E-state index contributed by atoms with van der Waals surface area (Å²) in [5.41, 5.74) is 0.962. The van der Waals surface area contributed by atoms with Crippen LogP contribution >= 0.6 is 23.1 Å². The first-order valence-corrected chi connectivity index (χ1v) is 17.5. The second-order valence-electron chi connectivity index (χ2n) is 11.8. The second kappa shape index (κ2) is 17.4. The lowest BCUT2D eigenvalue weighted by atomic mass is 9.93. The van der Waals surface area contributed by atoms with Gasteiger partial charge < -0.3 is 30.5 Å². The molecule has 0 spiro atoms. The number of halogens is 6. The van der Waals surface area contributed by atoms with E-state index in [0.29, 0.717) is 35.5 Å². The number of carboxylic acid groups (broad SMARTS) is 2. The topological polar surface area (TPSA) is 154 Å². The number of aliphatic carboxylic acids is 2. The van der Waals surface area contributed by atoms with E-state index in [9.17, 15) is 31.1 Å². The summed E-state index contributed by atoms with van der Waals surface area (Å²) in [6.45, 7) is 3.91. The highest BCUT2D eigenvalue weighted by Crippen LogP contribution is 2.43. The number of anilines is 2. The number of hydrogen-bond donors (Lipinski definition) is 4. The molecule has 1 atom stereocenters. The van der Waals surface area contributed by atoms with Crippen LogP contribution in [0.3, 0.4) is 0 Å². The molecule has 2 aromatic heterocycles. The molecule has 1 unspecified atom stereocenters. The summed E-state index contributed by atoms with van der Waals surface area (Å²) < 4.78 is 69.8. The fourth-order valence-electron chi connectivity index (χ4n) is 5.85. The molecule has 4 N–H and O–H groups in total. The number of carbonyl (C=O) groups is 3. The van der Waals surface area contributed by atoms with Gasteiger partial charge in [0.05, 0.1) is 10.9 Å². The van der Waals surface area contributed by atoms with Gasteiger partial charge in [0.25, 0.3) is 0 Å². The number of carbonyl (C=O) groups excluding carboxylic acids is 1. The fourth-order valence-corrected chi connectivity index (χ4v) is 7.81. The van der Waals surface area contributed by atoms with Crippen LogP contribution in [0.2, 0.25) is 0 Å². The van der Waals surface area contributed by atoms with Gasteiger partial charge in [-0.3, -0.25) is 4.79 Å².